The molecule has 3 atom stereocenters. The lowest BCUT2D eigenvalue weighted by atomic mass is 9.85. The molecule has 5 nitrogen and oxygen atoms in total. The molecule has 1 N–H and O–H groups in total. The predicted octanol–water partition coefficient (Wildman–Crippen LogP) is 3.68. The number of rotatable bonds is 4. The van der Waals surface area contributed by atoms with Crippen LogP contribution in [-0.2, 0) is 12.1 Å². The van der Waals surface area contributed by atoms with Crippen molar-refractivity contribution in [3.63, 3.8) is 0 Å². The van der Waals surface area contributed by atoms with Crippen molar-refractivity contribution >= 4 is 10.9 Å². The molecule has 1 saturated carbocycles. The molecule has 1 aliphatic carbocycles. The standard InChI is InChI=1S/C24H27N3O2/c1-16-3-8-23(25-12-16)24(28)10-9-18-13-27(15-21(18)24)14-19-5-4-17-11-20(29-2)6-7-22(17)26-19/h3-8,11-12,18,21,28H,9-10,13-15H2,1-2H3/t18-,21+,24-/m0/s1. The molecule has 0 amide bonds. The molecular weight excluding hydrogens is 362 g/mol. The van der Waals surface area contributed by atoms with Gasteiger partial charge in [-0.25, -0.2) is 0 Å². The molecule has 1 aromatic carbocycles. The van der Waals surface area contributed by atoms with Crippen LogP contribution in [0, 0.1) is 18.8 Å². The minimum Gasteiger partial charge on any atom is -0.497 e. The maximum Gasteiger partial charge on any atom is 0.119 e. The Balaban J connectivity index is 1.33. The van der Waals surface area contributed by atoms with E-state index in [2.05, 4.69) is 22.0 Å². The van der Waals surface area contributed by atoms with Gasteiger partial charge in [0.2, 0.25) is 0 Å². The third kappa shape index (κ3) is 3.28. The van der Waals surface area contributed by atoms with Gasteiger partial charge in [-0.3, -0.25) is 14.9 Å². The van der Waals surface area contributed by atoms with Crippen LogP contribution in [0.25, 0.3) is 10.9 Å². The third-order valence-corrected chi connectivity index (χ3v) is 6.72. The number of nitrogens with zero attached hydrogens (tertiary/aromatic N) is 3. The summed E-state index contributed by atoms with van der Waals surface area (Å²) in [4.78, 5) is 11.8. The topological polar surface area (TPSA) is 58.5 Å². The van der Waals surface area contributed by atoms with Gasteiger partial charge in [-0.2, -0.15) is 0 Å². The van der Waals surface area contributed by atoms with Gasteiger partial charge in [-0.15, -0.1) is 0 Å². The number of methoxy groups -OCH3 is 1. The number of pyridine rings is 2. The first-order chi connectivity index (χ1) is 14.0. The molecule has 29 heavy (non-hydrogen) atoms. The van der Waals surface area contributed by atoms with Gasteiger partial charge < -0.3 is 9.84 Å². The summed E-state index contributed by atoms with van der Waals surface area (Å²) >= 11 is 0. The zero-order valence-electron chi connectivity index (χ0n) is 17.0. The van der Waals surface area contributed by atoms with Gasteiger partial charge in [0.1, 0.15) is 11.4 Å². The molecule has 5 heteroatoms. The van der Waals surface area contributed by atoms with Crippen LogP contribution in [0.4, 0.5) is 0 Å². The molecule has 1 aliphatic heterocycles. The number of ether oxygens (including phenoxy) is 1. The summed E-state index contributed by atoms with van der Waals surface area (Å²) in [5.74, 6) is 1.61. The second kappa shape index (κ2) is 7.08. The molecule has 1 saturated heterocycles. The summed E-state index contributed by atoms with van der Waals surface area (Å²) in [6.45, 7) is 4.74. The monoisotopic (exact) mass is 389 g/mol. The smallest absolute Gasteiger partial charge is 0.119 e. The minimum atomic E-state index is -0.805. The van der Waals surface area contributed by atoms with Gasteiger partial charge in [-0.05, 0) is 61.6 Å². The van der Waals surface area contributed by atoms with Crippen LogP contribution < -0.4 is 4.74 Å². The Morgan fingerprint density at radius 1 is 1.17 bits per heavy atom. The summed E-state index contributed by atoms with van der Waals surface area (Å²) in [6, 6.07) is 14.2. The number of aliphatic hydroxyl groups is 1. The Bertz CT molecular complexity index is 1040. The zero-order chi connectivity index (χ0) is 20.0. The normalized spacial score (nSPS) is 26.7. The number of aryl methyl sites for hydroxylation is 1. The van der Waals surface area contributed by atoms with Crippen LogP contribution in [-0.4, -0.2) is 40.2 Å². The van der Waals surface area contributed by atoms with Gasteiger partial charge in [-0.1, -0.05) is 12.1 Å². The Morgan fingerprint density at radius 2 is 2.07 bits per heavy atom. The molecular formula is C24H27N3O2. The SMILES string of the molecule is COc1ccc2nc(CN3C[C@@H]4CC[C@@](O)(c5ccc(C)cn5)[C@@H]4C3)ccc2c1. The van der Waals surface area contributed by atoms with E-state index in [4.69, 9.17) is 9.72 Å². The summed E-state index contributed by atoms with van der Waals surface area (Å²) in [5, 5.41) is 12.6. The molecule has 0 unspecified atom stereocenters. The molecule has 0 bridgehead atoms. The highest BCUT2D eigenvalue weighted by Crippen LogP contribution is 2.50. The first-order valence-electron chi connectivity index (χ1n) is 10.4. The van der Waals surface area contributed by atoms with E-state index in [-0.39, 0.29) is 5.92 Å². The molecule has 0 spiro atoms. The van der Waals surface area contributed by atoms with Crippen molar-refractivity contribution in [1.29, 1.82) is 0 Å². The van der Waals surface area contributed by atoms with Gasteiger partial charge in [0, 0.05) is 37.1 Å². The van der Waals surface area contributed by atoms with Gasteiger partial charge in [0.25, 0.3) is 0 Å². The van der Waals surface area contributed by atoms with Crippen molar-refractivity contribution in [2.45, 2.75) is 31.9 Å². The number of benzene rings is 1. The fourth-order valence-corrected chi connectivity index (χ4v) is 5.15. The molecule has 2 aliphatic rings. The van der Waals surface area contributed by atoms with E-state index < -0.39 is 5.60 Å². The van der Waals surface area contributed by atoms with Crippen molar-refractivity contribution in [2.75, 3.05) is 20.2 Å². The Morgan fingerprint density at radius 3 is 2.86 bits per heavy atom. The lowest BCUT2D eigenvalue weighted by Crippen LogP contribution is -2.35. The molecule has 150 valence electrons. The lowest BCUT2D eigenvalue weighted by molar-refractivity contribution is -0.0109. The van der Waals surface area contributed by atoms with E-state index in [1.807, 2.05) is 43.5 Å². The molecule has 3 aromatic rings. The predicted molar refractivity (Wildman–Crippen MR) is 113 cm³/mol. The summed E-state index contributed by atoms with van der Waals surface area (Å²) in [7, 11) is 1.68. The molecule has 3 heterocycles. The van der Waals surface area contributed by atoms with Crippen molar-refractivity contribution in [1.82, 2.24) is 14.9 Å². The van der Waals surface area contributed by atoms with Crippen LogP contribution in [0.3, 0.4) is 0 Å². The minimum absolute atomic E-state index is 0.238. The van der Waals surface area contributed by atoms with Crippen molar-refractivity contribution in [2.24, 2.45) is 11.8 Å². The van der Waals surface area contributed by atoms with Crippen LogP contribution >= 0.6 is 0 Å². The fourth-order valence-electron chi connectivity index (χ4n) is 5.15. The number of likely N-dealkylation sites (tertiary alicyclic amines) is 1. The van der Waals surface area contributed by atoms with Crippen LogP contribution in [0.2, 0.25) is 0 Å². The third-order valence-electron chi connectivity index (χ3n) is 6.72. The van der Waals surface area contributed by atoms with Crippen LogP contribution in [0.15, 0.2) is 48.7 Å². The summed E-state index contributed by atoms with van der Waals surface area (Å²) < 4.78 is 5.30. The fraction of sp³-hybridized carbons (Fsp3) is 0.417. The highest BCUT2D eigenvalue weighted by atomic mass is 16.5. The highest BCUT2D eigenvalue weighted by molar-refractivity contribution is 5.80. The quantitative estimate of drug-likeness (QED) is 0.738. The van der Waals surface area contributed by atoms with Crippen LogP contribution in [0.1, 0.15) is 29.8 Å². The van der Waals surface area contributed by atoms with Gasteiger partial charge >= 0.3 is 0 Å². The highest BCUT2D eigenvalue weighted by Gasteiger charge is 2.53. The maximum absolute atomic E-state index is 11.5. The second-order valence-electron chi connectivity index (χ2n) is 8.61. The second-order valence-corrected chi connectivity index (χ2v) is 8.61. The van der Waals surface area contributed by atoms with Gasteiger partial charge in [0.15, 0.2) is 0 Å². The number of hydrogen-bond acceptors (Lipinski definition) is 5. The zero-order valence-corrected chi connectivity index (χ0v) is 17.0. The molecule has 0 radical (unpaired) electrons. The Kier molecular flexibility index (Phi) is 4.52. The van der Waals surface area contributed by atoms with Crippen molar-refractivity contribution < 1.29 is 9.84 Å². The lowest BCUT2D eigenvalue weighted by Gasteiger charge is -2.29. The Labute approximate surface area is 171 Å². The van der Waals surface area contributed by atoms with E-state index >= 15 is 0 Å². The van der Waals surface area contributed by atoms with Crippen LogP contribution in [0.5, 0.6) is 5.75 Å². The largest absolute Gasteiger partial charge is 0.497 e. The number of fused-ring (bicyclic) bond motifs is 2. The average Bonchev–Trinajstić information content (AvgIpc) is 3.28. The molecule has 2 fully saturated rings. The van der Waals surface area contributed by atoms with E-state index in [9.17, 15) is 5.11 Å². The van der Waals surface area contributed by atoms with E-state index in [0.29, 0.717) is 5.92 Å². The van der Waals surface area contributed by atoms with Crippen molar-refractivity contribution in [3.05, 3.63) is 65.6 Å². The number of aromatic nitrogens is 2. The summed E-state index contributed by atoms with van der Waals surface area (Å²) in [5.41, 5.74) is 3.21. The van der Waals surface area contributed by atoms with E-state index in [0.717, 1.165) is 66.1 Å². The molecule has 5 rings (SSSR count). The van der Waals surface area contributed by atoms with Gasteiger partial charge in [0.05, 0.1) is 24.0 Å². The van der Waals surface area contributed by atoms with E-state index in [1.54, 1.807) is 7.11 Å². The maximum atomic E-state index is 11.5. The average molecular weight is 389 g/mol. The molecule has 2 aromatic heterocycles. The Hall–Kier alpha value is -2.50. The number of hydrogen-bond donors (Lipinski definition) is 1. The summed E-state index contributed by atoms with van der Waals surface area (Å²) in [6.07, 6.45) is 3.72. The van der Waals surface area contributed by atoms with Crippen molar-refractivity contribution in [3.8, 4) is 5.75 Å². The first kappa shape index (κ1) is 18.5. The first-order valence-corrected chi connectivity index (χ1v) is 10.4. The van der Waals surface area contributed by atoms with E-state index in [1.165, 1.54) is 0 Å².